The SMILES string of the molecule is CC(C)(C)OC(=O)N1CCN(c2ccc(Nc3nc(N)n(-c4ccccn4)n3)cc2)CC1. The van der Waals surface area contributed by atoms with Crippen LogP contribution in [0.2, 0.25) is 0 Å². The number of rotatable bonds is 4. The Hall–Kier alpha value is -3.82. The van der Waals surface area contributed by atoms with E-state index < -0.39 is 5.60 Å². The van der Waals surface area contributed by atoms with Gasteiger partial charge in [-0.05, 0) is 57.2 Å². The first-order chi connectivity index (χ1) is 15.3. The lowest BCUT2D eigenvalue weighted by Gasteiger charge is -2.36. The third kappa shape index (κ3) is 5.08. The molecule has 1 fully saturated rings. The number of ether oxygens (including phenoxy) is 1. The molecule has 10 heteroatoms. The second kappa shape index (κ2) is 8.74. The van der Waals surface area contributed by atoms with E-state index in [4.69, 9.17) is 10.5 Å². The topological polar surface area (TPSA) is 114 Å². The summed E-state index contributed by atoms with van der Waals surface area (Å²) in [5.41, 5.74) is 7.43. The molecule has 3 N–H and O–H groups in total. The molecule has 0 radical (unpaired) electrons. The van der Waals surface area contributed by atoms with Crippen LogP contribution in [0.25, 0.3) is 5.82 Å². The zero-order valence-electron chi connectivity index (χ0n) is 18.5. The smallest absolute Gasteiger partial charge is 0.410 e. The van der Waals surface area contributed by atoms with Crippen LogP contribution < -0.4 is 16.0 Å². The Kier molecular flexibility index (Phi) is 5.85. The van der Waals surface area contributed by atoms with Crippen molar-refractivity contribution in [2.45, 2.75) is 26.4 Å². The van der Waals surface area contributed by atoms with Gasteiger partial charge in [-0.2, -0.15) is 9.67 Å². The van der Waals surface area contributed by atoms with E-state index in [2.05, 4.69) is 25.3 Å². The molecule has 3 heterocycles. The minimum absolute atomic E-state index is 0.255. The van der Waals surface area contributed by atoms with Crippen LogP contribution in [0.15, 0.2) is 48.7 Å². The van der Waals surface area contributed by atoms with Crippen molar-refractivity contribution in [3.05, 3.63) is 48.7 Å². The van der Waals surface area contributed by atoms with Gasteiger partial charge in [-0.1, -0.05) is 6.07 Å². The van der Waals surface area contributed by atoms with Crippen molar-refractivity contribution in [1.82, 2.24) is 24.6 Å². The number of nitrogen functional groups attached to an aromatic ring is 1. The monoisotopic (exact) mass is 436 g/mol. The lowest BCUT2D eigenvalue weighted by atomic mass is 10.2. The van der Waals surface area contributed by atoms with Crippen LogP contribution in [0.3, 0.4) is 0 Å². The normalized spacial score (nSPS) is 14.3. The molecular weight excluding hydrogens is 408 g/mol. The van der Waals surface area contributed by atoms with Crippen molar-refractivity contribution < 1.29 is 9.53 Å². The summed E-state index contributed by atoms with van der Waals surface area (Å²) >= 11 is 0. The minimum atomic E-state index is -0.482. The van der Waals surface area contributed by atoms with Gasteiger partial charge in [0.15, 0.2) is 5.82 Å². The van der Waals surface area contributed by atoms with E-state index >= 15 is 0 Å². The molecule has 0 spiro atoms. The molecule has 32 heavy (non-hydrogen) atoms. The second-order valence-corrected chi connectivity index (χ2v) is 8.52. The van der Waals surface area contributed by atoms with Gasteiger partial charge in [0.05, 0.1) is 0 Å². The number of benzene rings is 1. The van der Waals surface area contributed by atoms with Crippen LogP contribution in [0.1, 0.15) is 20.8 Å². The standard InChI is InChI=1S/C22H28N8O2/c1-22(2,3)32-21(31)29-14-12-28(13-15-29)17-9-7-16(8-10-17)25-20-26-19(23)30(27-20)18-6-4-5-11-24-18/h4-11H,12-15H2,1-3H3,(H3,23,25,26,27). The molecule has 0 atom stereocenters. The summed E-state index contributed by atoms with van der Waals surface area (Å²) in [6.45, 7) is 8.39. The number of carbonyl (C=O) groups is 1. The highest BCUT2D eigenvalue weighted by Crippen LogP contribution is 2.22. The maximum atomic E-state index is 12.2. The molecule has 1 aliphatic heterocycles. The van der Waals surface area contributed by atoms with Crippen LogP contribution in [-0.4, -0.2) is 62.5 Å². The number of piperazine rings is 1. The first-order valence-corrected chi connectivity index (χ1v) is 10.5. The average Bonchev–Trinajstić information content (AvgIpc) is 3.14. The summed E-state index contributed by atoms with van der Waals surface area (Å²) in [5, 5.41) is 7.55. The molecule has 0 aliphatic carbocycles. The Balaban J connectivity index is 1.35. The molecule has 4 rings (SSSR count). The van der Waals surface area contributed by atoms with E-state index in [1.165, 1.54) is 4.68 Å². The van der Waals surface area contributed by atoms with Crippen LogP contribution in [0, 0.1) is 0 Å². The summed E-state index contributed by atoms with van der Waals surface area (Å²) in [7, 11) is 0. The summed E-state index contributed by atoms with van der Waals surface area (Å²) in [5.74, 6) is 1.25. The summed E-state index contributed by atoms with van der Waals surface area (Å²) in [6.07, 6.45) is 1.42. The molecule has 0 saturated carbocycles. The van der Waals surface area contributed by atoms with Crippen molar-refractivity contribution in [3.63, 3.8) is 0 Å². The van der Waals surface area contributed by atoms with Crippen LogP contribution >= 0.6 is 0 Å². The van der Waals surface area contributed by atoms with E-state index in [0.29, 0.717) is 24.9 Å². The largest absolute Gasteiger partial charge is 0.444 e. The van der Waals surface area contributed by atoms with Crippen molar-refractivity contribution in [2.75, 3.05) is 42.1 Å². The van der Waals surface area contributed by atoms with E-state index in [-0.39, 0.29) is 12.0 Å². The molecule has 0 bridgehead atoms. The maximum absolute atomic E-state index is 12.2. The van der Waals surface area contributed by atoms with Gasteiger partial charge in [0.2, 0.25) is 11.9 Å². The molecule has 2 aromatic heterocycles. The van der Waals surface area contributed by atoms with Crippen molar-refractivity contribution in [1.29, 1.82) is 0 Å². The van der Waals surface area contributed by atoms with E-state index in [9.17, 15) is 4.79 Å². The van der Waals surface area contributed by atoms with Crippen molar-refractivity contribution in [2.24, 2.45) is 0 Å². The summed E-state index contributed by atoms with van der Waals surface area (Å²) in [4.78, 5) is 24.7. The molecule has 10 nitrogen and oxygen atoms in total. The first kappa shape index (κ1) is 21.4. The number of hydrogen-bond donors (Lipinski definition) is 2. The maximum Gasteiger partial charge on any atom is 0.410 e. The predicted molar refractivity (Wildman–Crippen MR) is 123 cm³/mol. The number of aromatic nitrogens is 4. The fourth-order valence-electron chi connectivity index (χ4n) is 3.38. The Morgan fingerprint density at radius 2 is 1.78 bits per heavy atom. The van der Waals surface area contributed by atoms with Gasteiger partial charge in [-0.15, -0.1) is 5.10 Å². The number of anilines is 4. The van der Waals surface area contributed by atoms with Crippen LogP contribution in [0.5, 0.6) is 0 Å². The molecule has 1 aliphatic rings. The van der Waals surface area contributed by atoms with Gasteiger partial charge in [-0.25, -0.2) is 9.78 Å². The lowest BCUT2D eigenvalue weighted by molar-refractivity contribution is 0.0240. The van der Waals surface area contributed by atoms with E-state index in [0.717, 1.165) is 24.5 Å². The molecule has 3 aromatic rings. The fraction of sp³-hybridized carbons (Fsp3) is 0.364. The zero-order chi connectivity index (χ0) is 22.7. The van der Waals surface area contributed by atoms with Gasteiger partial charge in [0.25, 0.3) is 0 Å². The van der Waals surface area contributed by atoms with Crippen LogP contribution in [0.4, 0.5) is 28.1 Å². The van der Waals surface area contributed by atoms with Gasteiger partial charge >= 0.3 is 6.09 Å². The van der Waals surface area contributed by atoms with E-state index in [1.807, 2.05) is 63.2 Å². The quantitative estimate of drug-likeness (QED) is 0.641. The van der Waals surface area contributed by atoms with Gasteiger partial charge in [0, 0.05) is 43.8 Å². The third-order valence-electron chi connectivity index (χ3n) is 4.92. The number of nitrogens with zero attached hydrogens (tertiary/aromatic N) is 6. The molecule has 0 unspecified atom stereocenters. The number of amides is 1. The average molecular weight is 437 g/mol. The lowest BCUT2D eigenvalue weighted by Crippen LogP contribution is -2.50. The highest BCUT2D eigenvalue weighted by Gasteiger charge is 2.26. The van der Waals surface area contributed by atoms with Crippen molar-refractivity contribution >= 4 is 29.4 Å². The highest BCUT2D eigenvalue weighted by atomic mass is 16.6. The van der Waals surface area contributed by atoms with Crippen LogP contribution in [-0.2, 0) is 4.74 Å². The molecule has 1 aromatic carbocycles. The predicted octanol–water partition coefficient (Wildman–Crippen LogP) is 3.05. The number of carbonyl (C=O) groups excluding carboxylic acids is 1. The molecule has 1 amide bonds. The third-order valence-corrected chi connectivity index (χ3v) is 4.92. The highest BCUT2D eigenvalue weighted by molar-refractivity contribution is 5.69. The molecular formula is C22H28N8O2. The minimum Gasteiger partial charge on any atom is -0.444 e. The van der Waals surface area contributed by atoms with Gasteiger partial charge in [-0.3, -0.25) is 0 Å². The number of nitrogens with two attached hydrogens (primary N) is 1. The van der Waals surface area contributed by atoms with Gasteiger partial charge in [0.1, 0.15) is 5.60 Å². The zero-order valence-corrected chi connectivity index (χ0v) is 18.5. The fourth-order valence-corrected chi connectivity index (χ4v) is 3.38. The summed E-state index contributed by atoms with van der Waals surface area (Å²) in [6, 6.07) is 13.5. The second-order valence-electron chi connectivity index (χ2n) is 8.52. The molecule has 168 valence electrons. The summed E-state index contributed by atoms with van der Waals surface area (Å²) < 4.78 is 6.95. The Morgan fingerprint density at radius 1 is 1.06 bits per heavy atom. The van der Waals surface area contributed by atoms with Crippen molar-refractivity contribution in [3.8, 4) is 5.82 Å². The first-order valence-electron chi connectivity index (χ1n) is 10.5. The Morgan fingerprint density at radius 3 is 2.41 bits per heavy atom. The number of nitrogens with one attached hydrogen (secondary N) is 1. The van der Waals surface area contributed by atoms with E-state index in [1.54, 1.807) is 11.1 Å². The van der Waals surface area contributed by atoms with Gasteiger partial charge < -0.3 is 25.6 Å². The number of pyridine rings is 1. The Bertz CT molecular complexity index is 1050. The number of hydrogen-bond acceptors (Lipinski definition) is 8. The Labute approximate surface area is 187 Å². The molecule has 1 saturated heterocycles.